The molecule has 2 heterocycles. The first kappa shape index (κ1) is 19.7. The van der Waals surface area contributed by atoms with Gasteiger partial charge in [-0.3, -0.25) is 9.69 Å². The Hall–Kier alpha value is -1.01. The third kappa shape index (κ3) is 6.02. The van der Waals surface area contributed by atoms with Crippen LogP contribution in [-0.4, -0.2) is 35.7 Å². The van der Waals surface area contributed by atoms with E-state index in [0.29, 0.717) is 5.92 Å². The summed E-state index contributed by atoms with van der Waals surface area (Å²) < 4.78 is 0. The zero-order valence-corrected chi connectivity index (χ0v) is 17.4. The van der Waals surface area contributed by atoms with Crippen molar-refractivity contribution in [3.05, 3.63) is 51.7 Å². The lowest BCUT2D eigenvalue weighted by atomic mass is 9.98. The van der Waals surface area contributed by atoms with Gasteiger partial charge in [-0.25, -0.2) is 0 Å². The molecule has 2 unspecified atom stereocenters. The average Bonchev–Trinajstić information content (AvgIpc) is 3.15. The molecule has 26 heavy (non-hydrogen) atoms. The first-order valence-electron chi connectivity index (χ1n) is 9.05. The van der Waals surface area contributed by atoms with Crippen molar-refractivity contribution in [3.63, 3.8) is 0 Å². The third-order valence-corrected chi connectivity index (χ3v) is 6.85. The second-order valence-corrected chi connectivity index (χ2v) is 9.66. The Bertz CT molecular complexity index is 690. The maximum atomic E-state index is 12.4. The molecule has 2 atom stereocenters. The van der Waals surface area contributed by atoms with Crippen LogP contribution in [-0.2, 0) is 11.3 Å². The molecule has 1 saturated heterocycles. The highest BCUT2D eigenvalue weighted by molar-refractivity contribution is 8.00. The number of halogens is 1. The fourth-order valence-corrected chi connectivity index (χ4v) is 5.01. The van der Waals surface area contributed by atoms with Gasteiger partial charge in [0.1, 0.15) is 0 Å². The number of thiophene rings is 1. The van der Waals surface area contributed by atoms with Gasteiger partial charge in [0.25, 0.3) is 0 Å². The normalized spacial score (nSPS) is 19.2. The number of hydrogen-bond acceptors (Lipinski definition) is 4. The summed E-state index contributed by atoms with van der Waals surface area (Å²) in [6.45, 7) is 5.98. The Morgan fingerprint density at radius 3 is 2.92 bits per heavy atom. The Morgan fingerprint density at radius 2 is 2.19 bits per heavy atom. The van der Waals surface area contributed by atoms with E-state index in [2.05, 4.69) is 27.7 Å². The highest BCUT2D eigenvalue weighted by Crippen LogP contribution is 2.25. The fraction of sp³-hybridized carbons (Fsp3) is 0.450. The molecule has 0 aliphatic carbocycles. The molecule has 0 bridgehead atoms. The summed E-state index contributed by atoms with van der Waals surface area (Å²) in [5.74, 6) is 0.653. The largest absolute Gasteiger partial charge is 0.355 e. The number of nitrogens with one attached hydrogen (secondary N) is 1. The molecule has 1 aliphatic heterocycles. The summed E-state index contributed by atoms with van der Waals surface area (Å²) in [7, 11) is 0. The molecule has 1 N–H and O–H groups in total. The van der Waals surface area contributed by atoms with Crippen LogP contribution in [0.3, 0.4) is 0 Å². The van der Waals surface area contributed by atoms with E-state index in [1.165, 1.54) is 17.7 Å². The smallest absolute Gasteiger partial charge is 0.233 e. The SMILES string of the molecule is CC(Sc1ccc(Cl)cc1)C(=O)NCC1CCCN(Cc2cccs2)C1. The summed E-state index contributed by atoms with van der Waals surface area (Å²) in [6, 6.07) is 11.9. The van der Waals surface area contributed by atoms with E-state index >= 15 is 0 Å². The highest BCUT2D eigenvalue weighted by atomic mass is 35.5. The van der Waals surface area contributed by atoms with Crippen molar-refractivity contribution in [1.82, 2.24) is 10.2 Å². The summed E-state index contributed by atoms with van der Waals surface area (Å²) in [5, 5.41) is 5.90. The minimum absolute atomic E-state index is 0.109. The molecule has 3 rings (SSSR count). The maximum Gasteiger partial charge on any atom is 0.233 e. The molecular formula is C20H25ClN2OS2. The Labute approximate surface area is 169 Å². The predicted molar refractivity (Wildman–Crippen MR) is 112 cm³/mol. The van der Waals surface area contributed by atoms with Crippen molar-refractivity contribution in [1.29, 1.82) is 0 Å². The molecule has 0 saturated carbocycles. The number of piperidine rings is 1. The predicted octanol–water partition coefficient (Wildman–Crippen LogP) is 4.91. The molecule has 0 spiro atoms. The van der Waals surface area contributed by atoms with Crippen molar-refractivity contribution in [2.45, 2.75) is 36.5 Å². The van der Waals surface area contributed by atoms with Crippen LogP contribution < -0.4 is 5.32 Å². The molecule has 1 aromatic carbocycles. The van der Waals surface area contributed by atoms with E-state index in [9.17, 15) is 4.79 Å². The molecular weight excluding hydrogens is 384 g/mol. The number of carbonyl (C=O) groups excluding carboxylic acids is 1. The molecule has 0 radical (unpaired) electrons. The first-order chi connectivity index (χ1) is 12.6. The Morgan fingerprint density at radius 1 is 1.38 bits per heavy atom. The van der Waals surface area contributed by atoms with Crippen molar-refractivity contribution in [2.75, 3.05) is 19.6 Å². The monoisotopic (exact) mass is 408 g/mol. The minimum Gasteiger partial charge on any atom is -0.355 e. The van der Waals surface area contributed by atoms with Gasteiger partial charge in [0.2, 0.25) is 5.91 Å². The molecule has 6 heteroatoms. The van der Waals surface area contributed by atoms with Gasteiger partial charge in [-0.05, 0) is 67.9 Å². The van der Waals surface area contributed by atoms with E-state index in [-0.39, 0.29) is 11.2 Å². The number of benzene rings is 1. The van der Waals surface area contributed by atoms with Crippen molar-refractivity contribution < 1.29 is 4.79 Å². The molecule has 2 aromatic rings. The van der Waals surface area contributed by atoms with Crippen LogP contribution >= 0.6 is 34.7 Å². The molecule has 3 nitrogen and oxygen atoms in total. The third-order valence-electron chi connectivity index (χ3n) is 4.62. The topological polar surface area (TPSA) is 32.3 Å². The molecule has 1 amide bonds. The quantitative estimate of drug-likeness (QED) is 0.660. The number of rotatable bonds is 7. The van der Waals surface area contributed by atoms with Gasteiger partial charge in [-0.1, -0.05) is 17.7 Å². The van der Waals surface area contributed by atoms with Crippen molar-refractivity contribution in [2.24, 2.45) is 5.92 Å². The van der Waals surface area contributed by atoms with Crippen LogP contribution in [0, 0.1) is 5.92 Å². The molecule has 1 aliphatic rings. The number of nitrogens with zero attached hydrogens (tertiary/aromatic N) is 1. The van der Waals surface area contributed by atoms with Gasteiger partial charge in [0, 0.05) is 34.4 Å². The molecule has 140 valence electrons. The van der Waals surface area contributed by atoms with Gasteiger partial charge in [-0.2, -0.15) is 0 Å². The van der Waals surface area contributed by atoms with Crippen molar-refractivity contribution >= 4 is 40.6 Å². The van der Waals surface area contributed by atoms with E-state index in [1.54, 1.807) is 11.8 Å². The van der Waals surface area contributed by atoms with Gasteiger partial charge in [0.15, 0.2) is 0 Å². The molecule has 1 fully saturated rings. The van der Waals surface area contributed by atoms with Crippen LogP contribution in [0.25, 0.3) is 0 Å². The van der Waals surface area contributed by atoms with Gasteiger partial charge in [0.05, 0.1) is 5.25 Å². The number of hydrogen-bond donors (Lipinski definition) is 1. The van der Waals surface area contributed by atoms with Crippen LogP contribution in [0.4, 0.5) is 0 Å². The number of amides is 1. The zero-order valence-electron chi connectivity index (χ0n) is 15.0. The van der Waals surface area contributed by atoms with Gasteiger partial charge < -0.3 is 5.32 Å². The second kappa shape index (κ2) is 9.79. The van der Waals surface area contributed by atoms with Gasteiger partial charge >= 0.3 is 0 Å². The minimum atomic E-state index is -0.109. The Kier molecular flexibility index (Phi) is 7.43. The van der Waals surface area contributed by atoms with Crippen LogP contribution in [0.5, 0.6) is 0 Å². The van der Waals surface area contributed by atoms with E-state index in [0.717, 1.165) is 36.1 Å². The summed E-state index contributed by atoms with van der Waals surface area (Å²) in [5.41, 5.74) is 0. The van der Waals surface area contributed by atoms with Crippen LogP contribution in [0.1, 0.15) is 24.6 Å². The van der Waals surface area contributed by atoms with E-state index < -0.39 is 0 Å². The zero-order chi connectivity index (χ0) is 18.4. The number of carbonyl (C=O) groups is 1. The lowest BCUT2D eigenvalue weighted by Crippen LogP contribution is -2.42. The standard InChI is InChI=1S/C20H25ClN2OS2/c1-15(26-18-8-6-17(21)7-9-18)20(24)22-12-16-4-2-10-23(13-16)14-19-5-3-11-25-19/h3,5-9,11,15-16H,2,4,10,12-14H2,1H3,(H,22,24). The van der Waals surface area contributed by atoms with E-state index in [1.807, 2.05) is 42.5 Å². The number of thioether (sulfide) groups is 1. The highest BCUT2D eigenvalue weighted by Gasteiger charge is 2.22. The lowest BCUT2D eigenvalue weighted by molar-refractivity contribution is -0.120. The summed E-state index contributed by atoms with van der Waals surface area (Å²) >= 11 is 9.30. The number of likely N-dealkylation sites (tertiary alicyclic amines) is 1. The van der Waals surface area contributed by atoms with E-state index in [4.69, 9.17) is 11.6 Å². The lowest BCUT2D eigenvalue weighted by Gasteiger charge is -2.32. The van der Waals surface area contributed by atoms with Crippen LogP contribution in [0.15, 0.2) is 46.7 Å². The second-order valence-electron chi connectivity index (χ2n) is 6.78. The Balaban J connectivity index is 1.42. The van der Waals surface area contributed by atoms with Crippen LogP contribution in [0.2, 0.25) is 5.02 Å². The maximum absolute atomic E-state index is 12.4. The van der Waals surface area contributed by atoms with Gasteiger partial charge in [-0.15, -0.1) is 23.1 Å². The summed E-state index contributed by atoms with van der Waals surface area (Å²) in [4.78, 5) is 17.4. The first-order valence-corrected chi connectivity index (χ1v) is 11.2. The van der Waals surface area contributed by atoms with Crippen molar-refractivity contribution in [3.8, 4) is 0 Å². The fourth-order valence-electron chi connectivity index (χ4n) is 3.24. The average molecular weight is 409 g/mol. The summed E-state index contributed by atoms with van der Waals surface area (Å²) in [6.07, 6.45) is 2.40. The molecule has 1 aromatic heterocycles.